The lowest BCUT2D eigenvalue weighted by atomic mass is 9.58. The van der Waals surface area contributed by atoms with Gasteiger partial charge >= 0.3 is 0 Å². The monoisotopic (exact) mass is 1080 g/mol. The Morgan fingerprint density at radius 1 is 0.482 bits per heavy atom. The summed E-state index contributed by atoms with van der Waals surface area (Å²) in [7, 11) is 0. The van der Waals surface area contributed by atoms with Crippen LogP contribution < -0.4 is 9.30 Å². The first-order valence-corrected chi connectivity index (χ1v) is 29.7. The topological polar surface area (TPSA) is 35.9 Å². The Hall–Kier alpha value is -8.80. The van der Waals surface area contributed by atoms with Crippen LogP contribution in [0.3, 0.4) is 0 Å². The third-order valence-corrected chi connectivity index (χ3v) is 19.4. The fraction of sp³-hybridized carbons (Fsp3) is 0.231. The van der Waals surface area contributed by atoms with Gasteiger partial charge in [-0.05, 0) is 173 Å². The second-order valence-electron chi connectivity index (χ2n) is 27.2. The van der Waals surface area contributed by atoms with E-state index in [0.29, 0.717) is 0 Å². The molecule has 2 aliphatic carbocycles. The van der Waals surface area contributed by atoms with E-state index >= 15 is 0 Å². The first kappa shape index (κ1) is 51.1. The molecule has 5 heteroatoms. The fourth-order valence-corrected chi connectivity index (χ4v) is 14.8. The number of fused-ring (bicyclic) bond motifs is 14. The van der Waals surface area contributed by atoms with Crippen molar-refractivity contribution in [1.29, 1.82) is 0 Å². The molecule has 0 N–H and O–H groups in total. The molecule has 0 fully saturated rings. The molecule has 9 aromatic carbocycles. The van der Waals surface area contributed by atoms with E-state index in [2.05, 4.69) is 290 Å². The molecule has 1 aliphatic heterocycles. The number of aromatic nitrogens is 4. The lowest BCUT2D eigenvalue weighted by molar-refractivity contribution is -0.570. The molecule has 15 rings (SSSR count). The first-order valence-electron chi connectivity index (χ1n) is 29.7. The van der Waals surface area contributed by atoms with E-state index in [1.807, 2.05) is 6.20 Å². The average Bonchev–Trinajstić information content (AvgIpc) is 3.22. The van der Waals surface area contributed by atoms with Crippen molar-refractivity contribution in [2.24, 2.45) is 0 Å². The smallest absolute Gasteiger partial charge is 0.269 e. The molecule has 5 nitrogen and oxygen atoms in total. The van der Waals surface area contributed by atoms with Crippen molar-refractivity contribution in [2.75, 3.05) is 0 Å². The van der Waals surface area contributed by atoms with Gasteiger partial charge in [0.15, 0.2) is 0 Å². The van der Waals surface area contributed by atoms with E-state index in [0.717, 1.165) is 80.1 Å². The predicted molar refractivity (Wildman–Crippen MR) is 342 cm³/mol. The van der Waals surface area contributed by atoms with Gasteiger partial charge in [-0.3, -0.25) is 13.7 Å². The van der Waals surface area contributed by atoms with Crippen molar-refractivity contribution in [3.63, 3.8) is 0 Å². The van der Waals surface area contributed by atoms with Crippen LogP contribution in [0.25, 0.3) is 94.5 Å². The highest BCUT2D eigenvalue weighted by Gasteiger charge is 2.46. The number of benzene rings is 9. The number of hydrogen-bond donors (Lipinski definition) is 0. The zero-order valence-corrected chi connectivity index (χ0v) is 49.7. The Balaban J connectivity index is 1.02. The van der Waals surface area contributed by atoms with Gasteiger partial charge in [-0.1, -0.05) is 204 Å². The van der Waals surface area contributed by atoms with E-state index in [4.69, 9.17) is 9.72 Å². The average molecular weight is 1080 g/mol. The van der Waals surface area contributed by atoms with Crippen molar-refractivity contribution >= 4 is 32.8 Å². The molecule has 0 atom stereocenters. The van der Waals surface area contributed by atoms with E-state index in [9.17, 15) is 0 Å². The third kappa shape index (κ3) is 7.65. The lowest BCUT2D eigenvalue weighted by Crippen LogP contribution is -2.38. The summed E-state index contributed by atoms with van der Waals surface area (Å²) in [6, 6.07) is 72.2. The molecule has 12 aromatic rings. The minimum atomic E-state index is -0.384. The quantitative estimate of drug-likeness (QED) is 0.127. The molecule has 0 spiro atoms. The largest absolute Gasteiger partial charge is 0.458 e. The molecule has 0 saturated carbocycles. The van der Waals surface area contributed by atoms with Gasteiger partial charge in [0.05, 0.1) is 33.4 Å². The third-order valence-electron chi connectivity index (χ3n) is 19.4. The highest BCUT2D eigenvalue weighted by atomic mass is 16.5. The van der Waals surface area contributed by atoms with E-state index in [1.165, 1.54) is 77.7 Å². The van der Waals surface area contributed by atoms with Crippen molar-refractivity contribution in [3.8, 4) is 73.2 Å². The fourth-order valence-electron chi connectivity index (χ4n) is 14.8. The normalized spacial score (nSPS) is 15.9. The number of hydrogen-bond acceptors (Lipinski definition) is 2. The predicted octanol–water partition coefficient (Wildman–Crippen LogP) is 19.6. The van der Waals surface area contributed by atoms with Crippen molar-refractivity contribution in [2.45, 2.75) is 116 Å². The summed E-state index contributed by atoms with van der Waals surface area (Å²) >= 11 is 0. The van der Waals surface area contributed by atoms with E-state index in [-0.39, 0.29) is 27.1 Å². The molecule has 0 saturated heterocycles. The molecule has 83 heavy (non-hydrogen) atoms. The maximum Gasteiger partial charge on any atom is 0.269 e. The molecular formula is C78H70N4O. The first-order chi connectivity index (χ1) is 39.8. The molecule has 408 valence electrons. The minimum absolute atomic E-state index is 0.00256. The maximum absolute atomic E-state index is 7.07. The summed E-state index contributed by atoms with van der Waals surface area (Å²) < 4.78 is 14.1. The second kappa shape index (κ2) is 17.9. The van der Waals surface area contributed by atoms with Crippen LogP contribution in [0.4, 0.5) is 0 Å². The Morgan fingerprint density at radius 3 is 1.84 bits per heavy atom. The number of para-hydroxylation sites is 2. The number of imidazole rings is 1. The van der Waals surface area contributed by atoms with Gasteiger partial charge in [-0.25, -0.2) is 4.98 Å². The van der Waals surface area contributed by atoms with Crippen LogP contribution >= 0.6 is 0 Å². The van der Waals surface area contributed by atoms with Crippen molar-refractivity contribution in [3.05, 3.63) is 246 Å². The van der Waals surface area contributed by atoms with Crippen molar-refractivity contribution < 1.29 is 9.30 Å². The molecule has 3 aromatic heterocycles. The van der Waals surface area contributed by atoms with Crippen LogP contribution in [0.2, 0.25) is 0 Å². The van der Waals surface area contributed by atoms with Gasteiger partial charge in [0, 0.05) is 33.9 Å². The Bertz CT molecular complexity index is 4690. The van der Waals surface area contributed by atoms with Gasteiger partial charge in [-0.2, -0.15) is 0 Å². The molecule has 3 aliphatic rings. The summed E-state index contributed by atoms with van der Waals surface area (Å²) in [5, 5.41) is 2.32. The van der Waals surface area contributed by atoms with Gasteiger partial charge < -0.3 is 4.74 Å². The van der Waals surface area contributed by atoms with Crippen LogP contribution in [0.5, 0.6) is 11.5 Å². The molecule has 0 unspecified atom stereocenters. The van der Waals surface area contributed by atoms with Gasteiger partial charge in [0.1, 0.15) is 17.3 Å². The molecule has 0 amide bonds. The highest BCUT2D eigenvalue weighted by molar-refractivity contribution is 6.10. The zero-order chi connectivity index (χ0) is 57.1. The van der Waals surface area contributed by atoms with E-state index in [1.54, 1.807) is 0 Å². The Morgan fingerprint density at radius 2 is 1.10 bits per heavy atom. The van der Waals surface area contributed by atoms with Crippen LogP contribution in [0.1, 0.15) is 128 Å². The molecule has 4 heterocycles. The number of pyridine rings is 1. The Labute approximate surface area is 488 Å². The number of nitrogens with zero attached hydrogens (tertiary/aromatic N) is 4. The van der Waals surface area contributed by atoms with Crippen LogP contribution in [0, 0.1) is 6.33 Å². The van der Waals surface area contributed by atoms with Crippen LogP contribution in [-0.2, 0) is 27.1 Å². The summed E-state index contributed by atoms with van der Waals surface area (Å²) in [6.45, 7) is 26.4. The zero-order valence-electron chi connectivity index (χ0n) is 49.7. The highest BCUT2D eigenvalue weighted by Crippen LogP contribution is 2.58. The number of rotatable bonds is 5. The second-order valence-corrected chi connectivity index (χ2v) is 27.2. The summed E-state index contributed by atoms with van der Waals surface area (Å²) in [6.07, 6.45) is 8.40. The van der Waals surface area contributed by atoms with Crippen molar-refractivity contribution in [1.82, 2.24) is 14.1 Å². The molecule has 0 radical (unpaired) electrons. The maximum atomic E-state index is 7.07. The standard InChI is InChI=1S/C78H70N4O/c1-74(2,3)49-37-40-79-69(41-49)82-66-34-20-17-28-55(66)56-36-35-52(43-67(56)82)83-51-26-21-25-50(42-51)80-47-81-72-53(48-23-13-12-14-24-48)30-22-31-58(72)60-45-64-63(75(4,5)38-39-76(64,6)7)44-59(60)54-27-15-16-29-57(54)70-71-65(46-68(80)73(70)81)77(8,9)61-32-18-19-33-62(61)78(71,10)11/h12-37,40-46H,38-39H2,1-11H3. The Kier molecular flexibility index (Phi) is 11.0. The minimum Gasteiger partial charge on any atom is -0.458 e. The van der Waals surface area contributed by atoms with E-state index < -0.39 is 0 Å². The van der Waals surface area contributed by atoms with Crippen LogP contribution in [-0.4, -0.2) is 14.1 Å². The summed E-state index contributed by atoms with van der Waals surface area (Å²) in [5.41, 5.74) is 24.9. The SMILES string of the molecule is CC(C)(C)c1ccnc(-n2c3ccccc3c3ccc(Oc4cccc(-n5[c-][n+]6c7c(c8c(cc75)C(C)(C)c5ccccc5C8(C)C)-c5ccccc5-c5cc7c(cc5-c5cccc(-c8ccccc8)c5-6)C(C)(C)CCC7(C)C)c4)cc32)c1. The van der Waals surface area contributed by atoms with Crippen LogP contribution in [0.15, 0.2) is 200 Å². The van der Waals surface area contributed by atoms with Gasteiger partial charge in [0.2, 0.25) is 0 Å². The summed E-state index contributed by atoms with van der Waals surface area (Å²) in [4.78, 5) is 4.97. The van der Waals surface area contributed by atoms with Gasteiger partial charge in [0.25, 0.3) is 6.33 Å². The number of ether oxygens (including phenoxy) is 1. The molecule has 0 bridgehead atoms. The van der Waals surface area contributed by atoms with Gasteiger partial charge in [-0.15, -0.1) is 0 Å². The summed E-state index contributed by atoms with van der Waals surface area (Å²) in [5.74, 6) is 2.36. The molecular weight excluding hydrogens is 1010 g/mol. The lowest BCUT2D eigenvalue weighted by Gasteiger charge is -2.45.